The molecule has 8 heteroatoms. The second-order valence-corrected chi connectivity index (χ2v) is 6.85. The third-order valence-electron chi connectivity index (χ3n) is 4.81. The van der Waals surface area contributed by atoms with Crippen molar-refractivity contribution < 1.29 is 28.5 Å². The van der Waals surface area contributed by atoms with Gasteiger partial charge in [-0.3, -0.25) is 0 Å². The fraction of sp³-hybridized carbons (Fsp3) is 0.455. The zero-order valence-electron chi connectivity index (χ0n) is 17.2. The first-order valence-corrected chi connectivity index (χ1v) is 9.96. The van der Waals surface area contributed by atoms with Crippen LogP contribution in [0.2, 0.25) is 0 Å². The number of ether oxygens (including phenoxy) is 5. The number of nitriles is 1. The van der Waals surface area contributed by atoms with E-state index in [0.717, 1.165) is 6.42 Å². The third kappa shape index (κ3) is 4.93. The molecule has 0 radical (unpaired) electrons. The van der Waals surface area contributed by atoms with Crippen molar-refractivity contribution in [1.29, 1.82) is 5.26 Å². The number of benzene rings is 1. The van der Waals surface area contributed by atoms with Crippen LogP contribution in [0.3, 0.4) is 0 Å². The molecule has 3 rings (SSSR count). The molecule has 0 aliphatic carbocycles. The largest absolute Gasteiger partial charge is 0.493 e. The quantitative estimate of drug-likeness (QED) is 0.678. The van der Waals surface area contributed by atoms with E-state index in [1.807, 2.05) is 12.1 Å². The molecule has 30 heavy (non-hydrogen) atoms. The summed E-state index contributed by atoms with van der Waals surface area (Å²) in [6.45, 7) is 5.34. The number of nitrogens with two attached hydrogens (primary N) is 1. The summed E-state index contributed by atoms with van der Waals surface area (Å²) in [5.41, 5.74) is 7.03. The zero-order chi connectivity index (χ0) is 21.5. The first-order chi connectivity index (χ1) is 14.5. The summed E-state index contributed by atoms with van der Waals surface area (Å²) in [7, 11) is 0. The summed E-state index contributed by atoms with van der Waals surface area (Å²) in [5, 5.41) is 9.66. The van der Waals surface area contributed by atoms with Crippen molar-refractivity contribution >= 4 is 5.97 Å². The molecule has 2 aliphatic rings. The molecular weight excluding hydrogens is 388 g/mol. The third-order valence-corrected chi connectivity index (χ3v) is 4.81. The van der Waals surface area contributed by atoms with Crippen LogP contribution in [-0.2, 0) is 23.7 Å². The highest BCUT2D eigenvalue weighted by molar-refractivity contribution is 5.92. The van der Waals surface area contributed by atoms with Gasteiger partial charge >= 0.3 is 5.97 Å². The molecule has 0 bridgehead atoms. The van der Waals surface area contributed by atoms with Crippen molar-refractivity contribution in [3.63, 3.8) is 0 Å². The van der Waals surface area contributed by atoms with Crippen LogP contribution in [0.4, 0.5) is 0 Å². The maximum atomic E-state index is 12.6. The standard InChI is InChI=1S/C22H26N2O6/c1-3-26-22(25)19-14(2)30-21(24)17(13-23)20(19)15-6-4-7-16(12-15)27-11-8-18-28-9-5-10-29-18/h4,6-7,12,18,20H,3,5,8-11,24H2,1-2H3. The van der Waals surface area contributed by atoms with Crippen LogP contribution < -0.4 is 10.5 Å². The predicted octanol–water partition coefficient (Wildman–Crippen LogP) is 2.86. The molecule has 1 atom stereocenters. The van der Waals surface area contributed by atoms with Crippen LogP contribution in [0, 0.1) is 11.3 Å². The van der Waals surface area contributed by atoms with Crippen LogP contribution in [0.25, 0.3) is 0 Å². The van der Waals surface area contributed by atoms with Crippen LogP contribution in [0.15, 0.2) is 47.1 Å². The molecule has 160 valence electrons. The smallest absolute Gasteiger partial charge is 0.338 e. The molecule has 0 amide bonds. The van der Waals surface area contributed by atoms with E-state index in [4.69, 9.17) is 29.4 Å². The van der Waals surface area contributed by atoms with Crippen LogP contribution in [0.5, 0.6) is 5.75 Å². The van der Waals surface area contributed by atoms with Crippen molar-refractivity contribution in [3.05, 3.63) is 52.6 Å². The monoisotopic (exact) mass is 414 g/mol. The molecule has 2 heterocycles. The summed E-state index contributed by atoms with van der Waals surface area (Å²) >= 11 is 0. The minimum absolute atomic E-state index is 0.0223. The summed E-state index contributed by atoms with van der Waals surface area (Å²) in [6.07, 6.45) is 1.24. The SMILES string of the molecule is CCOC(=O)C1=C(C)OC(N)=C(C#N)C1c1cccc(OCCC2OCCCO2)c1. The second kappa shape index (κ2) is 10.1. The molecule has 1 fully saturated rings. The summed E-state index contributed by atoms with van der Waals surface area (Å²) in [4.78, 5) is 12.6. The number of carbonyl (C=O) groups excluding carboxylic acids is 1. The molecule has 8 nitrogen and oxygen atoms in total. The normalized spacial score (nSPS) is 19.8. The van der Waals surface area contributed by atoms with Crippen LogP contribution in [0.1, 0.15) is 38.2 Å². The number of nitrogens with zero attached hydrogens (tertiary/aromatic N) is 1. The molecule has 0 saturated carbocycles. The lowest BCUT2D eigenvalue weighted by Gasteiger charge is -2.27. The molecule has 1 aromatic carbocycles. The predicted molar refractivity (Wildman–Crippen MR) is 107 cm³/mol. The van der Waals surface area contributed by atoms with Crippen LogP contribution >= 0.6 is 0 Å². The fourth-order valence-electron chi connectivity index (χ4n) is 3.45. The van der Waals surface area contributed by atoms with E-state index >= 15 is 0 Å². The van der Waals surface area contributed by atoms with Crippen molar-refractivity contribution in [3.8, 4) is 11.8 Å². The first-order valence-electron chi connectivity index (χ1n) is 9.96. The van der Waals surface area contributed by atoms with Gasteiger partial charge in [0.05, 0.1) is 37.9 Å². The van der Waals surface area contributed by atoms with Crippen molar-refractivity contribution in [1.82, 2.24) is 0 Å². The van der Waals surface area contributed by atoms with Gasteiger partial charge in [0.2, 0.25) is 5.88 Å². The van der Waals surface area contributed by atoms with Crippen LogP contribution in [-0.4, -0.2) is 38.7 Å². The maximum Gasteiger partial charge on any atom is 0.338 e. The number of esters is 1. The lowest BCUT2D eigenvalue weighted by Crippen LogP contribution is -2.26. The topological polar surface area (TPSA) is 113 Å². The minimum Gasteiger partial charge on any atom is -0.493 e. The highest BCUT2D eigenvalue weighted by Crippen LogP contribution is 2.40. The molecular formula is C22H26N2O6. The van der Waals surface area contributed by atoms with E-state index in [1.165, 1.54) is 0 Å². The van der Waals surface area contributed by atoms with Gasteiger partial charge in [-0.05, 0) is 38.0 Å². The number of allylic oxidation sites excluding steroid dienone is 2. The molecule has 1 unspecified atom stereocenters. The van der Waals surface area contributed by atoms with E-state index in [0.29, 0.717) is 43.3 Å². The molecule has 0 spiro atoms. The Balaban J connectivity index is 1.82. The Bertz CT molecular complexity index is 880. The Morgan fingerprint density at radius 1 is 1.33 bits per heavy atom. The molecule has 2 N–H and O–H groups in total. The Labute approximate surface area is 175 Å². The average Bonchev–Trinajstić information content (AvgIpc) is 2.74. The van der Waals surface area contributed by atoms with Gasteiger partial charge in [-0.15, -0.1) is 0 Å². The summed E-state index contributed by atoms with van der Waals surface area (Å²) in [6, 6.07) is 9.28. The summed E-state index contributed by atoms with van der Waals surface area (Å²) in [5.74, 6) is -0.347. The lowest BCUT2D eigenvalue weighted by atomic mass is 9.83. The van der Waals surface area contributed by atoms with Crippen molar-refractivity contribution in [2.24, 2.45) is 5.73 Å². The van der Waals surface area contributed by atoms with Gasteiger partial charge in [0, 0.05) is 6.42 Å². The highest BCUT2D eigenvalue weighted by atomic mass is 16.7. The van der Waals surface area contributed by atoms with E-state index in [2.05, 4.69) is 6.07 Å². The molecule has 1 aromatic rings. The average molecular weight is 414 g/mol. The van der Waals surface area contributed by atoms with E-state index < -0.39 is 11.9 Å². The van der Waals surface area contributed by atoms with E-state index in [1.54, 1.807) is 26.0 Å². The maximum absolute atomic E-state index is 12.6. The van der Waals surface area contributed by atoms with Gasteiger partial charge in [-0.25, -0.2) is 4.79 Å². The lowest BCUT2D eigenvalue weighted by molar-refractivity contribution is -0.183. The second-order valence-electron chi connectivity index (χ2n) is 6.85. The van der Waals surface area contributed by atoms with Gasteiger partial charge < -0.3 is 29.4 Å². The van der Waals surface area contributed by atoms with Gasteiger partial charge in [0.15, 0.2) is 6.29 Å². The van der Waals surface area contributed by atoms with Gasteiger partial charge in [0.1, 0.15) is 23.2 Å². The Morgan fingerprint density at radius 2 is 2.10 bits per heavy atom. The van der Waals surface area contributed by atoms with Gasteiger partial charge in [0.25, 0.3) is 0 Å². The van der Waals surface area contributed by atoms with Crippen molar-refractivity contribution in [2.45, 2.75) is 38.9 Å². The fourth-order valence-corrected chi connectivity index (χ4v) is 3.45. The zero-order valence-corrected chi connectivity index (χ0v) is 17.2. The first kappa shape index (κ1) is 21.7. The highest BCUT2D eigenvalue weighted by Gasteiger charge is 2.36. The minimum atomic E-state index is -0.698. The summed E-state index contributed by atoms with van der Waals surface area (Å²) < 4.78 is 27.5. The number of rotatable bonds is 7. The number of hydrogen-bond acceptors (Lipinski definition) is 8. The number of hydrogen-bond donors (Lipinski definition) is 1. The molecule has 1 saturated heterocycles. The Hall–Kier alpha value is -3.02. The number of carbonyl (C=O) groups is 1. The van der Waals surface area contributed by atoms with Gasteiger partial charge in [-0.2, -0.15) is 5.26 Å². The van der Waals surface area contributed by atoms with Gasteiger partial charge in [-0.1, -0.05) is 12.1 Å². The van der Waals surface area contributed by atoms with E-state index in [9.17, 15) is 10.1 Å². The van der Waals surface area contributed by atoms with Crippen molar-refractivity contribution in [2.75, 3.05) is 26.4 Å². The molecule has 2 aliphatic heterocycles. The Morgan fingerprint density at radius 3 is 2.80 bits per heavy atom. The van der Waals surface area contributed by atoms with E-state index in [-0.39, 0.29) is 29.9 Å². The molecule has 0 aromatic heterocycles. The Kier molecular flexibility index (Phi) is 7.33.